The Morgan fingerprint density at radius 2 is 1.39 bits per heavy atom. The highest BCUT2D eigenvalue weighted by Gasteiger charge is 2.17. The lowest BCUT2D eigenvalue weighted by atomic mass is 10.1. The predicted octanol–water partition coefficient (Wildman–Crippen LogP) is 5.95. The van der Waals surface area contributed by atoms with Gasteiger partial charge in [-0.2, -0.15) is 0 Å². The molecule has 2 rings (SSSR count). The van der Waals surface area contributed by atoms with Crippen LogP contribution in [0.4, 0.5) is 0 Å². The fraction of sp³-hybridized carbons (Fsp3) is 0.0769. The largest absolute Gasteiger partial charge is 0.0860 e. The molecule has 0 saturated carbocycles. The lowest BCUT2D eigenvalue weighted by molar-refractivity contribution is 1.15. The molecule has 0 aromatic heterocycles. The first kappa shape index (κ1) is 15.0. The Balaban J connectivity index is 2.51. The van der Waals surface area contributed by atoms with Gasteiger partial charge in [-0.1, -0.05) is 70.9 Å². The molecule has 1 aromatic rings. The van der Waals surface area contributed by atoms with E-state index < -0.39 is 0 Å². The van der Waals surface area contributed by atoms with Crippen LogP contribution in [0.25, 0.3) is 0 Å². The molecule has 92 valence electrons. The van der Waals surface area contributed by atoms with Crippen molar-refractivity contribution in [1.82, 2.24) is 0 Å². The van der Waals surface area contributed by atoms with E-state index in [9.17, 15) is 0 Å². The highest BCUT2D eigenvalue weighted by molar-refractivity contribution is 14.1. The SMILES string of the molecule is Clc1c(I)c(Cl)c(C#CC2C=CC=C2)c(Cl)c1I. The van der Waals surface area contributed by atoms with Gasteiger partial charge in [0.15, 0.2) is 0 Å². The van der Waals surface area contributed by atoms with Gasteiger partial charge in [-0.3, -0.25) is 0 Å². The van der Waals surface area contributed by atoms with E-state index >= 15 is 0 Å². The van der Waals surface area contributed by atoms with Crippen LogP contribution in [0.2, 0.25) is 15.1 Å². The van der Waals surface area contributed by atoms with Gasteiger partial charge in [0.2, 0.25) is 0 Å². The minimum atomic E-state index is 0.128. The minimum absolute atomic E-state index is 0.128. The molecule has 1 aliphatic carbocycles. The predicted molar refractivity (Wildman–Crippen MR) is 95.6 cm³/mol. The summed E-state index contributed by atoms with van der Waals surface area (Å²) in [5.41, 5.74) is 0.644. The highest BCUT2D eigenvalue weighted by Crippen LogP contribution is 2.39. The molecule has 5 heteroatoms. The summed E-state index contributed by atoms with van der Waals surface area (Å²) in [7, 11) is 0. The fourth-order valence-electron chi connectivity index (χ4n) is 1.40. The zero-order valence-electron chi connectivity index (χ0n) is 8.78. The maximum Gasteiger partial charge on any atom is 0.0726 e. The molecule has 0 unspecified atom stereocenters. The second-order valence-electron chi connectivity index (χ2n) is 3.51. The number of halogens is 5. The summed E-state index contributed by atoms with van der Waals surface area (Å²) < 4.78 is 1.57. The lowest BCUT2D eigenvalue weighted by Gasteiger charge is -2.08. The molecule has 0 saturated heterocycles. The van der Waals surface area contributed by atoms with Crippen molar-refractivity contribution in [1.29, 1.82) is 0 Å². The molecule has 0 heterocycles. The third kappa shape index (κ3) is 3.01. The van der Waals surface area contributed by atoms with Crippen LogP contribution in [-0.4, -0.2) is 0 Å². The van der Waals surface area contributed by atoms with Crippen molar-refractivity contribution in [3.8, 4) is 11.8 Å². The topological polar surface area (TPSA) is 0 Å². The molecule has 0 amide bonds. The Bertz CT molecular complexity index is 580. The number of benzene rings is 1. The molecule has 0 nitrogen and oxygen atoms in total. The van der Waals surface area contributed by atoms with Gasteiger partial charge >= 0.3 is 0 Å². The van der Waals surface area contributed by atoms with Gasteiger partial charge in [0, 0.05) is 0 Å². The maximum absolute atomic E-state index is 6.24. The Morgan fingerprint density at radius 3 is 1.89 bits per heavy atom. The zero-order chi connectivity index (χ0) is 13.3. The van der Waals surface area contributed by atoms with E-state index in [1.165, 1.54) is 0 Å². The summed E-state index contributed by atoms with van der Waals surface area (Å²) in [6.07, 6.45) is 7.97. The number of allylic oxidation sites excluding steroid dienone is 4. The Morgan fingerprint density at radius 1 is 0.889 bits per heavy atom. The summed E-state index contributed by atoms with van der Waals surface area (Å²) in [4.78, 5) is 0. The molecule has 0 aliphatic heterocycles. The third-order valence-corrected chi connectivity index (χ3v) is 6.89. The quantitative estimate of drug-likeness (QED) is 0.171. The zero-order valence-corrected chi connectivity index (χ0v) is 15.4. The number of hydrogen-bond acceptors (Lipinski definition) is 0. The standard InChI is InChI=1S/C13H5Cl3I2/c14-9-8(6-5-7-3-1-2-4-7)10(15)13(18)11(16)12(9)17/h1-4,7H. The molecular formula is C13H5Cl3I2. The van der Waals surface area contributed by atoms with Crippen molar-refractivity contribution >= 4 is 80.0 Å². The Labute approximate surface area is 148 Å². The van der Waals surface area contributed by atoms with Crippen LogP contribution in [0, 0.1) is 24.9 Å². The summed E-state index contributed by atoms with van der Waals surface area (Å²) in [5.74, 6) is 6.29. The van der Waals surface area contributed by atoms with Gasteiger partial charge in [-0.15, -0.1) is 0 Å². The number of hydrogen-bond donors (Lipinski definition) is 0. The molecular weight excluding hydrogens is 516 g/mol. The van der Waals surface area contributed by atoms with Crippen LogP contribution in [0.5, 0.6) is 0 Å². The van der Waals surface area contributed by atoms with Gasteiger partial charge in [0.1, 0.15) is 0 Å². The van der Waals surface area contributed by atoms with Gasteiger partial charge in [0.05, 0.1) is 33.7 Å². The van der Waals surface area contributed by atoms with Crippen molar-refractivity contribution in [2.24, 2.45) is 5.92 Å². The second kappa shape index (κ2) is 6.36. The molecule has 0 fully saturated rings. The van der Waals surface area contributed by atoms with Crippen LogP contribution in [0.15, 0.2) is 24.3 Å². The van der Waals surface area contributed by atoms with E-state index in [-0.39, 0.29) is 5.92 Å². The number of rotatable bonds is 0. The highest BCUT2D eigenvalue weighted by atomic mass is 127. The fourth-order valence-corrected chi connectivity index (χ4v) is 3.80. The van der Waals surface area contributed by atoms with Gasteiger partial charge < -0.3 is 0 Å². The van der Waals surface area contributed by atoms with E-state index in [0.717, 1.165) is 7.14 Å². The van der Waals surface area contributed by atoms with E-state index in [1.54, 1.807) is 0 Å². The van der Waals surface area contributed by atoms with Crippen LogP contribution < -0.4 is 0 Å². The molecule has 0 spiro atoms. The van der Waals surface area contributed by atoms with Crippen molar-refractivity contribution in [3.05, 3.63) is 52.1 Å². The summed E-state index contributed by atoms with van der Waals surface area (Å²) in [5, 5.41) is 1.62. The van der Waals surface area contributed by atoms with Crippen LogP contribution in [0.1, 0.15) is 5.56 Å². The van der Waals surface area contributed by atoms with Gasteiger partial charge in [0.25, 0.3) is 0 Å². The molecule has 1 aromatic carbocycles. The Hall–Kier alpha value is 0.590. The average molecular weight is 521 g/mol. The molecule has 18 heavy (non-hydrogen) atoms. The lowest BCUT2D eigenvalue weighted by Crippen LogP contribution is -1.92. The molecule has 1 aliphatic rings. The monoisotopic (exact) mass is 520 g/mol. The smallest absolute Gasteiger partial charge is 0.0726 e. The molecule has 0 N–H and O–H groups in total. The first-order valence-electron chi connectivity index (χ1n) is 4.90. The van der Waals surface area contributed by atoms with Crippen molar-refractivity contribution in [2.75, 3.05) is 0 Å². The summed E-state index contributed by atoms with van der Waals surface area (Å²) >= 11 is 22.8. The van der Waals surface area contributed by atoms with E-state index in [2.05, 4.69) is 57.0 Å². The van der Waals surface area contributed by atoms with Gasteiger partial charge in [-0.25, -0.2) is 0 Å². The van der Waals surface area contributed by atoms with E-state index in [0.29, 0.717) is 20.6 Å². The minimum Gasteiger partial charge on any atom is -0.0860 e. The molecule has 0 bridgehead atoms. The molecule has 0 atom stereocenters. The van der Waals surface area contributed by atoms with Crippen molar-refractivity contribution < 1.29 is 0 Å². The first-order valence-corrected chi connectivity index (χ1v) is 8.19. The molecule has 0 radical (unpaired) electrons. The second-order valence-corrected chi connectivity index (χ2v) is 6.80. The van der Waals surface area contributed by atoms with Crippen molar-refractivity contribution in [3.63, 3.8) is 0 Å². The van der Waals surface area contributed by atoms with Crippen LogP contribution in [-0.2, 0) is 0 Å². The maximum atomic E-state index is 6.24. The van der Waals surface area contributed by atoms with E-state index in [4.69, 9.17) is 34.8 Å². The first-order chi connectivity index (χ1) is 8.52. The summed E-state index contributed by atoms with van der Waals surface area (Å²) in [6.45, 7) is 0. The third-order valence-electron chi connectivity index (χ3n) is 2.32. The Kier molecular flexibility index (Phi) is 5.30. The van der Waals surface area contributed by atoms with E-state index in [1.807, 2.05) is 24.3 Å². The van der Waals surface area contributed by atoms with Crippen molar-refractivity contribution in [2.45, 2.75) is 0 Å². The average Bonchev–Trinajstić information content (AvgIpc) is 2.87. The van der Waals surface area contributed by atoms with Gasteiger partial charge in [-0.05, 0) is 45.2 Å². The summed E-state index contributed by atoms with van der Waals surface area (Å²) in [6, 6.07) is 0. The normalized spacial score (nSPS) is 13.8. The van der Waals surface area contributed by atoms with Crippen LogP contribution in [0.3, 0.4) is 0 Å². The van der Waals surface area contributed by atoms with Crippen LogP contribution >= 0.6 is 80.0 Å².